The highest BCUT2D eigenvalue weighted by Crippen LogP contribution is 2.16. The second kappa shape index (κ2) is 12.5. The molecule has 0 unspecified atom stereocenters. The van der Waals surface area contributed by atoms with E-state index in [1.165, 1.54) is 6.07 Å². The van der Waals surface area contributed by atoms with Crippen molar-refractivity contribution in [3.63, 3.8) is 0 Å². The Bertz CT molecular complexity index is 846. The number of nitrogens with zero attached hydrogens (tertiary/aromatic N) is 2. The molecule has 0 aromatic heterocycles. The molecule has 1 aromatic rings. The minimum Gasteiger partial charge on any atom is -0.347 e. The van der Waals surface area contributed by atoms with Gasteiger partial charge in [-0.3, -0.25) is 9.79 Å². The van der Waals surface area contributed by atoms with Crippen LogP contribution in [0.1, 0.15) is 24.8 Å². The number of benzene rings is 1. The molecule has 0 atom stereocenters. The summed E-state index contributed by atoms with van der Waals surface area (Å²) in [6, 6.07) is 6.67. The number of carbonyl (C=O) groups is 1. The summed E-state index contributed by atoms with van der Waals surface area (Å²) in [6.45, 7) is 2.60. The standard InChI is InChI=1S/C24H28FN3O/c1-3-4-5-6-7-10-15-28-16-13-21(19-29)23(14-17-28)27-24(26-2)18-20-11-8-9-12-22(20)25/h1,4-9,11-12,19H,10,13-18H2,2H3,(H,26,27)/b5-4-,7-6-. The number of nitrogens with one attached hydrogen (secondary N) is 1. The zero-order valence-electron chi connectivity index (χ0n) is 16.9. The quantitative estimate of drug-likeness (QED) is 0.241. The van der Waals surface area contributed by atoms with Gasteiger partial charge in [-0.1, -0.05) is 42.3 Å². The zero-order valence-corrected chi connectivity index (χ0v) is 16.9. The molecule has 0 aliphatic carbocycles. The van der Waals surface area contributed by atoms with E-state index in [-0.39, 0.29) is 5.82 Å². The molecule has 4 nitrogen and oxygen atoms in total. The molecule has 5 heteroatoms. The van der Waals surface area contributed by atoms with Gasteiger partial charge in [-0.15, -0.1) is 6.42 Å². The summed E-state index contributed by atoms with van der Waals surface area (Å²) in [6.07, 6.45) is 16.3. The van der Waals surface area contributed by atoms with Crippen molar-refractivity contribution < 1.29 is 9.18 Å². The van der Waals surface area contributed by atoms with Crippen LogP contribution >= 0.6 is 0 Å². The van der Waals surface area contributed by atoms with E-state index in [0.717, 1.165) is 50.0 Å². The van der Waals surface area contributed by atoms with Crippen molar-refractivity contribution in [2.45, 2.75) is 25.7 Å². The van der Waals surface area contributed by atoms with Crippen LogP contribution in [0.4, 0.5) is 4.39 Å². The molecular formula is C24H28FN3O. The van der Waals surface area contributed by atoms with Gasteiger partial charge in [0.2, 0.25) is 0 Å². The number of allylic oxidation sites excluding steroid dienone is 3. The number of hydrogen-bond donors (Lipinski definition) is 1. The van der Waals surface area contributed by atoms with Crippen molar-refractivity contribution >= 4 is 12.1 Å². The van der Waals surface area contributed by atoms with Crippen LogP contribution in [0.5, 0.6) is 0 Å². The molecule has 0 spiro atoms. The third-order valence-corrected chi connectivity index (χ3v) is 4.84. The van der Waals surface area contributed by atoms with Gasteiger partial charge in [0.15, 0.2) is 0 Å². The molecule has 1 heterocycles. The topological polar surface area (TPSA) is 44.7 Å². The molecule has 2 rings (SSSR count). The summed E-state index contributed by atoms with van der Waals surface area (Å²) in [5.41, 5.74) is 2.22. The van der Waals surface area contributed by atoms with E-state index in [9.17, 15) is 9.18 Å². The molecule has 0 saturated carbocycles. The van der Waals surface area contributed by atoms with Crippen LogP contribution < -0.4 is 5.32 Å². The minimum atomic E-state index is -0.253. The minimum absolute atomic E-state index is 0.253. The van der Waals surface area contributed by atoms with Gasteiger partial charge in [-0.05, 0) is 30.5 Å². The van der Waals surface area contributed by atoms with Gasteiger partial charge in [0.1, 0.15) is 17.9 Å². The Kier molecular flexibility index (Phi) is 9.61. The second-order valence-electron chi connectivity index (χ2n) is 6.77. The number of aliphatic imine (C=N–C) groups is 1. The molecule has 1 aromatic carbocycles. The lowest BCUT2D eigenvalue weighted by Crippen LogP contribution is -2.29. The monoisotopic (exact) mass is 393 g/mol. The van der Waals surface area contributed by atoms with Gasteiger partial charge in [0.05, 0.1) is 0 Å². The van der Waals surface area contributed by atoms with Crippen LogP contribution in [0, 0.1) is 18.2 Å². The Balaban J connectivity index is 1.95. The summed E-state index contributed by atoms with van der Waals surface area (Å²) in [5.74, 6) is 2.85. The van der Waals surface area contributed by atoms with Gasteiger partial charge in [0.25, 0.3) is 0 Å². The van der Waals surface area contributed by atoms with E-state index in [0.29, 0.717) is 24.2 Å². The Morgan fingerprint density at radius 2 is 2.10 bits per heavy atom. The number of aldehydes is 1. The summed E-state index contributed by atoms with van der Waals surface area (Å²) in [5, 5.41) is 3.30. The van der Waals surface area contributed by atoms with E-state index in [1.54, 1.807) is 25.3 Å². The van der Waals surface area contributed by atoms with Crippen molar-refractivity contribution in [1.82, 2.24) is 10.2 Å². The maximum Gasteiger partial charge on any atom is 0.147 e. The van der Waals surface area contributed by atoms with Crippen molar-refractivity contribution in [3.8, 4) is 12.3 Å². The number of carbonyl (C=O) groups excluding carboxylic acids is 1. The van der Waals surface area contributed by atoms with Gasteiger partial charge in [0, 0.05) is 50.8 Å². The lowest BCUT2D eigenvalue weighted by Gasteiger charge is -2.19. The average Bonchev–Trinajstić information content (AvgIpc) is 2.93. The van der Waals surface area contributed by atoms with E-state index >= 15 is 0 Å². The molecule has 1 N–H and O–H groups in total. The normalized spacial score (nSPS) is 16.2. The molecule has 152 valence electrons. The molecular weight excluding hydrogens is 365 g/mol. The summed E-state index contributed by atoms with van der Waals surface area (Å²) in [7, 11) is 1.67. The second-order valence-corrected chi connectivity index (χ2v) is 6.77. The highest BCUT2D eigenvalue weighted by molar-refractivity contribution is 5.87. The van der Waals surface area contributed by atoms with Gasteiger partial charge in [-0.2, -0.15) is 0 Å². The van der Waals surface area contributed by atoms with E-state index in [4.69, 9.17) is 6.42 Å². The van der Waals surface area contributed by atoms with Crippen LogP contribution in [0.3, 0.4) is 0 Å². The molecule has 0 fully saturated rings. The lowest BCUT2D eigenvalue weighted by molar-refractivity contribution is -0.105. The number of halogens is 1. The zero-order chi connectivity index (χ0) is 20.9. The smallest absolute Gasteiger partial charge is 0.147 e. The Morgan fingerprint density at radius 1 is 1.31 bits per heavy atom. The SMILES string of the molecule is C#C/C=C\C=C/CCN1CCC(C=O)=C(NC(Cc2ccccc2F)=NC)CC1. The van der Waals surface area contributed by atoms with Crippen molar-refractivity contribution in [2.24, 2.45) is 4.99 Å². The number of terminal acetylenes is 1. The molecule has 0 radical (unpaired) electrons. The fraction of sp³-hybridized carbons (Fsp3) is 0.333. The summed E-state index contributed by atoms with van der Waals surface area (Å²) >= 11 is 0. The highest BCUT2D eigenvalue weighted by Gasteiger charge is 2.17. The van der Waals surface area contributed by atoms with E-state index in [2.05, 4.69) is 27.2 Å². The predicted octanol–water partition coefficient (Wildman–Crippen LogP) is 3.67. The van der Waals surface area contributed by atoms with Crippen molar-refractivity contribution in [2.75, 3.05) is 26.7 Å². The fourth-order valence-electron chi connectivity index (χ4n) is 3.19. The average molecular weight is 394 g/mol. The first-order valence-electron chi connectivity index (χ1n) is 9.81. The Labute approximate surface area is 172 Å². The highest BCUT2D eigenvalue weighted by atomic mass is 19.1. The number of amidine groups is 1. The number of hydrogen-bond acceptors (Lipinski definition) is 3. The molecule has 29 heavy (non-hydrogen) atoms. The van der Waals surface area contributed by atoms with E-state index in [1.807, 2.05) is 18.2 Å². The molecule has 0 bridgehead atoms. The predicted molar refractivity (Wildman–Crippen MR) is 117 cm³/mol. The largest absolute Gasteiger partial charge is 0.347 e. The van der Waals surface area contributed by atoms with Gasteiger partial charge >= 0.3 is 0 Å². The van der Waals surface area contributed by atoms with E-state index < -0.39 is 0 Å². The van der Waals surface area contributed by atoms with Crippen molar-refractivity contribution in [3.05, 3.63) is 71.2 Å². The summed E-state index contributed by atoms with van der Waals surface area (Å²) in [4.78, 5) is 18.2. The lowest BCUT2D eigenvalue weighted by atomic mass is 10.1. The van der Waals surface area contributed by atoms with Crippen molar-refractivity contribution in [1.29, 1.82) is 0 Å². The third kappa shape index (κ3) is 7.52. The molecule has 1 aliphatic rings. The number of rotatable bonds is 8. The van der Waals surface area contributed by atoms with Crippen LogP contribution in [0.2, 0.25) is 0 Å². The first-order valence-corrected chi connectivity index (χ1v) is 9.81. The van der Waals surface area contributed by atoms with Crippen LogP contribution in [-0.4, -0.2) is 43.7 Å². The fourth-order valence-corrected chi connectivity index (χ4v) is 3.19. The Hall–Kier alpha value is -2.97. The summed E-state index contributed by atoms with van der Waals surface area (Å²) < 4.78 is 14.0. The van der Waals surface area contributed by atoms with Crippen LogP contribution in [0.25, 0.3) is 0 Å². The van der Waals surface area contributed by atoms with Crippen LogP contribution in [0.15, 0.2) is 64.8 Å². The van der Waals surface area contributed by atoms with Gasteiger partial charge in [-0.25, -0.2) is 4.39 Å². The van der Waals surface area contributed by atoms with Crippen LogP contribution in [-0.2, 0) is 11.2 Å². The first-order chi connectivity index (χ1) is 14.2. The molecule has 1 aliphatic heterocycles. The van der Waals surface area contributed by atoms with Gasteiger partial charge < -0.3 is 10.2 Å². The molecule has 0 saturated heterocycles. The Morgan fingerprint density at radius 3 is 2.83 bits per heavy atom. The maximum atomic E-state index is 14.0. The third-order valence-electron chi connectivity index (χ3n) is 4.84. The maximum absolute atomic E-state index is 14.0. The molecule has 0 amide bonds. The first kappa shape index (κ1) is 22.3.